The van der Waals surface area contributed by atoms with Crippen LogP contribution < -0.4 is 4.90 Å². The van der Waals surface area contributed by atoms with Gasteiger partial charge in [0.15, 0.2) is 0 Å². The van der Waals surface area contributed by atoms with E-state index in [4.69, 9.17) is 11.6 Å². The molecule has 0 unspecified atom stereocenters. The van der Waals surface area contributed by atoms with Gasteiger partial charge in [-0.25, -0.2) is 4.39 Å². The number of hydrogen-bond donors (Lipinski definition) is 0. The van der Waals surface area contributed by atoms with E-state index >= 15 is 0 Å². The van der Waals surface area contributed by atoms with Gasteiger partial charge in [-0.3, -0.25) is 14.5 Å². The van der Waals surface area contributed by atoms with Crippen molar-refractivity contribution in [3.05, 3.63) is 68.8 Å². The summed E-state index contributed by atoms with van der Waals surface area (Å²) in [6, 6.07) is 10.1. The molecule has 4 rings (SSSR count). The molecular formula is C22H20ClFN2O2S. The molecule has 0 atom stereocenters. The van der Waals surface area contributed by atoms with E-state index in [1.165, 1.54) is 36.7 Å². The summed E-state index contributed by atoms with van der Waals surface area (Å²) in [6.45, 7) is 4.18. The van der Waals surface area contributed by atoms with E-state index in [9.17, 15) is 14.0 Å². The van der Waals surface area contributed by atoms with E-state index in [0.717, 1.165) is 40.9 Å². The molecule has 2 amide bonds. The zero-order valence-electron chi connectivity index (χ0n) is 16.0. The van der Waals surface area contributed by atoms with E-state index in [1.54, 1.807) is 6.08 Å². The molecule has 0 aromatic heterocycles. The molecule has 0 aliphatic carbocycles. The number of imide groups is 1. The molecule has 0 spiro atoms. The van der Waals surface area contributed by atoms with Gasteiger partial charge < -0.3 is 4.90 Å². The number of aryl methyl sites for hydroxylation is 1. The van der Waals surface area contributed by atoms with Crippen LogP contribution in [-0.2, 0) is 11.3 Å². The minimum absolute atomic E-state index is 0.0218. The predicted octanol–water partition coefficient (Wildman–Crippen LogP) is 5.62. The van der Waals surface area contributed by atoms with Gasteiger partial charge in [-0.15, -0.1) is 0 Å². The van der Waals surface area contributed by atoms with Crippen LogP contribution in [-0.4, -0.2) is 29.1 Å². The van der Waals surface area contributed by atoms with Crippen LogP contribution in [0.4, 0.5) is 14.9 Å². The largest absolute Gasteiger partial charge is 0.372 e. The number of carbonyl (C=O) groups excluding carboxylic acids is 2. The van der Waals surface area contributed by atoms with Gasteiger partial charge >= 0.3 is 0 Å². The normalized spacial score (nSPS) is 18.4. The number of hydrogen-bond acceptors (Lipinski definition) is 4. The Morgan fingerprint density at radius 3 is 2.59 bits per heavy atom. The molecule has 0 saturated carbocycles. The Labute approximate surface area is 178 Å². The lowest BCUT2D eigenvalue weighted by molar-refractivity contribution is -0.123. The molecule has 0 bridgehead atoms. The quantitative estimate of drug-likeness (QED) is 0.590. The Morgan fingerprint density at radius 1 is 1.14 bits per heavy atom. The molecule has 2 aromatic rings. The van der Waals surface area contributed by atoms with Gasteiger partial charge in [-0.1, -0.05) is 23.7 Å². The number of carbonyl (C=O) groups is 2. The lowest BCUT2D eigenvalue weighted by Gasteiger charge is -2.18. The molecule has 2 saturated heterocycles. The predicted molar refractivity (Wildman–Crippen MR) is 116 cm³/mol. The van der Waals surface area contributed by atoms with E-state index in [0.29, 0.717) is 10.5 Å². The highest BCUT2D eigenvalue weighted by Crippen LogP contribution is 2.35. The molecule has 150 valence electrons. The lowest BCUT2D eigenvalue weighted by Crippen LogP contribution is -2.27. The third kappa shape index (κ3) is 4.19. The molecule has 2 aliphatic rings. The Hall–Kier alpha value is -2.31. The van der Waals surface area contributed by atoms with Crippen LogP contribution in [0, 0.1) is 12.7 Å². The van der Waals surface area contributed by atoms with Crippen molar-refractivity contribution in [2.45, 2.75) is 26.3 Å². The SMILES string of the molecule is Cc1cc(N2CCCC2)ccc1/C=C1/SC(=O)N(Cc2ccc(F)cc2Cl)C1=O. The summed E-state index contributed by atoms with van der Waals surface area (Å²) in [7, 11) is 0. The second kappa shape index (κ2) is 8.20. The number of halogens is 2. The first-order chi connectivity index (χ1) is 13.9. The van der Waals surface area contributed by atoms with E-state index in [-0.39, 0.29) is 22.7 Å². The minimum atomic E-state index is -0.458. The number of anilines is 1. The summed E-state index contributed by atoms with van der Waals surface area (Å²) in [5, 5.41) is -0.158. The van der Waals surface area contributed by atoms with Crippen molar-refractivity contribution in [2.24, 2.45) is 0 Å². The van der Waals surface area contributed by atoms with Gasteiger partial charge in [0, 0.05) is 23.8 Å². The molecule has 0 radical (unpaired) electrons. The molecule has 7 heteroatoms. The van der Waals surface area contributed by atoms with Crippen LogP contribution >= 0.6 is 23.4 Å². The van der Waals surface area contributed by atoms with Gasteiger partial charge in [0.2, 0.25) is 0 Å². The van der Waals surface area contributed by atoms with E-state index in [2.05, 4.69) is 17.0 Å². The summed E-state index contributed by atoms with van der Waals surface area (Å²) in [4.78, 5) is 29.0. The summed E-state index contributed by atoms with van der Waals surface area (Å²) in [5.74, 6) is -0.816. The Bertz CT molecular complexity index is 1020. The highest BCUT2D eigenvalue weighted by Gasteiger charge is 2.35. The molecule has 2 heterocycles. The van der Waals surface area contributed by atoms with Gasteiger partial charge in [0.1, 0.15) is 5.82 Å². The third-order valence-corrected chi connectivity index (χ3v) is 6.49. The van der Waals surface area contributed by atoms with Crippen molar-refractivity contribution in [3.63, 3.8) is 0 Å². The molecule has 4 nitrogen and oxygen atoms in total. The fraction of sp³-hybridized carbons (Fsp3) is 0.273. The van der Waals surface area contributed by atoms with Gasteiger partial charge in [0.25, 0.3) is 11.1 Å². The molecule has 29 heavy (non-hydrogen) atoms. The second-order valence-corrected chi connectivity index (χ2v) is 8.64. The molecule has 2 fully saturated rings. The number of thioether (sulfide) groups is 1. The van der Waals surface area contributed by atoms with Crippen molar-refractivity contribution in [2.75, 3.05) is 18.0 Å². The maximum Gasteiger partial charge on any atom is 0.293 e. The van der Waals surface area contributed by atoms with Crippen molar-refractivity contribution >= 4 is 46.3 Å². The Morgan fingerprint density at radius 2 is 1.90 bits per heavy atom. The zero-order chi connectivity index (χ0) is 20.5. The van der Waals surface area contributed by atoms with Crippen molar-refractivity contribution in [3.8, 4) is 0 Å². The smallest absolute Gasteiger partial charge is 0.293 e. The molecule has 0 N–H and O–H groups in total. The number of nitrogens with zero attached hydrogens (tertiary/aromatic N) is 2. The maximum atomic E-state index is 13.2. The zero-order valence-corrected chi connectivity index (χ0v) is 17.5. The fourth-order valence-corrected chi connectivity index (χ4v) is 4.65. The topological polar surface area (TPSA) is 40.6 Å². The first-order valence-corrected chi connectivity index (χ1v) is 10.7. The second-order valence-electron chi connectivity index (χ2n) is 7.24. The van der Waals surface area contributed by atoms with Crippen LogP contribution in [0.25, 0.3) is 6.08 Å². The van der Waals surface area contributed by atoms with E-state index in [1.807, 2.05) is 13.0 Å². The summed E-state index contributed by atoms with van der Waals surface area (Å²) in [6.07, 6.45) is 4.19. The lowest BCUT2D eigenvalue weighted by atomic mass is 10.1. The minimum Gasteiger partial charge on any atom is -0.372 e. The first-order valence-electron chi connectivity index (χ1n) is 9.47. The average Bonchev–Trinajstić information content (AvgIpc) is 3.30. The summed E-state index contributed by atoms with van der Waals surface area (Å²) in [5.41, 5.74) is 3.69. The van der Waals surface area contributed by atoms with Gasteiger partial charge in [-0.2, -0.15) is 0 Å². The monoisotopic (exact) mass is 430 g/mol. The van der Waals surface area contributed by atoms with Crippen molar-refractivity contribution in [1.82, 2.24) is 4.90 Å². The molecule has 2 aromatic carbocycles. The number of amides is 2. The highest BCUT2D eigenvalue weighted by atomic mass is 35.5. The average molecular weight is 431 g/mol. The van der Waals surface area contributed by atoms with Gasteiger partial charge in [0.05, 0.1) is 11.4 Å². The molecule has 2 aliphatic heterocycles. The summed E-state index contributed by atoms with van der Waals surface area (Å²) < 4.78 is 13.2. The van der Waals surface area contributed by atoms with Crippen LogP contribution in [0.3, 0.4) is 0 Å². The van der Waals surface area contributed by atoms with E-state index < -0.39 is 5.82 Å². The van der Waals surface area contributed by atoms with Crippen molar-refractivity contribution in [1.29, 1.82) is 0 Å². The Kier molecular flexibility index (Phi) is 5.65. The number of rotatable bonds is 4. The van der Waals surface area contributed by atoms with Crippen LogP contribution in [0.5, 0.6) is 0 Å². The van der Waals surface area contributed by atoms with Crippen LogP contribution in [0.15, 0.2) is 41.3 Å². The third-order valence-electron chi connectivity index (χ3n) is 5.23. The number of benzene rings is 2. The molecular weight excluding hydrogens is 411 g/mol. The maximum absolute atomic E-state index is 13.2. The van der Waals surface area contributed by atoms with Gasteiger partial charge in [-0.05, 0) is 78.6 Å². The first kappa shape index (κ1) is 20.0. The fourth-order valence-electron chi connectivity index (χ4n) is 3.59. The Balaban J connectivity index is 1.54. The van der Waals surface area contributed by atoms with Crippen LogP contribution in [0.1, 0.15) is 29.5 Å². The van der Waals surface area contributed by atoms with Crippen LogP contribution in [0.2, 0.25) is 5.02 Å². The standard InChI is InChI=1S/C22H20ClFN2O2S/c1-14-10-18(25-8-2-3-9-25)7-5-15(14)11-20-21(27)26(22(28)29-20)13-16-4-6-17(24)12-19(16)23/h4-7,10-12H,2-3,8-9,13H2,1H3/b20-11+. The highest BCUT2D eigenvalue weighted by molar-refractivity contribution is 8.18. The summed E-state index contributed by atoms with van der Waals surface area (Å²) >= 11 is 6.96. The van der Waals surface area contributed by atoms with Crippen molar-refractivity contribution < 1.29 is 14.0 Å².